The molecule has 20 heavy (non-hydrogen) atoms. The van der Waals surface area contributed by atoms with Gasteiger partial charge in [-0.3, -0.25) is 10.1 Å². The largest absolute Gasteiger partial charge is 0.374 e. The quantitative estimate of drug-likeness (QED) is 0.646. The second-order valence-electron chi connectivity index (χ2n) is 4.49. The van der Waals surface area contributed by atoms with E-state index in [-0.39, 0.29) is 14.9 Å². The first-order valence-corrected chi connectivity index (χ1v) is 8.26. The predicted molar refractivity (Wildman–Crippen MR) is 76.8 cm³/mol. The van der Waals surface area contributed by atoms with E-state index in [0.717, 1.165) is 17.4 Å². The summed E-state index contributed by atoms with van der Waals surface area (Å²) in [4.78, 5) is 12.4. The Bertz CT molecular complexity index is 605. The molecule has 8 nitrogen and oxygen atoms in total. The number of sulfonamides is 1. The van der Waals surface area contributed by atoms with E-state index in [1.54, 1.807) is 0 Å². The van der Waals surface area contributed by atoms with Crippen molar-refractivity contribution in [1.82, 2.24) is 9.21 Å². The number of hydrogen-bond donors (Lipinski definition) is 1. The summed E-state index contributed by atoms with van der Waals surface area (Å²) in [7, 11) is -0.188. The number of nitro groups is 1. The Morgan fingerprint density at radius 3 is 2.40 bits per heavy atom. The van der Waals surface area contributed by atoms with Crippen molar-refractivity contribution in [3.63, 3.8) is 0 Å². The maximum absolute atomic E-state index is 12.5. The molecule has 1 aromatic rings. The molecule has 0 amide bonds. The van der Waals surface area contributed by atoms with Gasteiger partial charge in [0.15, 0.2) is 5.00 Å². The number of likely N-dealkylation sites (N-methyl/N-ethyl adjacent to an activating group) is 1. The molecule has 1 N–H and O–H groups in total. The van der Waals surface area contributed by atoms with Gasteiger partial charge >= 0.3 is 5.69 Å². The summed E-state index contributed by atoms with van der Waals surface area (Å²) in [6.45, 7) is 2.12. The Morgan fingerprint density at radius 2 is 1.95 bits per heavy atom. The molecular weight excluding hydrogens is 304 g/mol. The lowest BCUT2D eigenvalue weighted by Crippen LogP contribution is -2.46. The highest BCUT2D eigenvalue weighted by atomic mass is 32.2. The summed E-state index contributed by atoms with van der Waals surface area (Å²) >= 11 is 0.893. The summed E-state index contributed by atoms with van der Waals surface area (Å²) in [6, 6.07) is 1.13. The van der Waals surface area contributed by atoms with Gasteiger partial charge in [0.1, 0.15) is 4.21 Å². The van der Waals surface area contributed by atoms with Crippen LogP contribution in [0.25, 0.3) is 0 Å². The molecule has 2 heterocycles. The van der Waals surface area contributed by atoms with E-state index < -0.39 is 14.9 Å². The van der Waals surface area contributed by atoms with Crippen molar-refractivity contribution in [1.29, 1.82) is 0 Å². The van der Waals surface area contributed by atoms with Crippen LogP contribution in [0.1, 0.15) is 0 Å². The number of thiophene rings is 1. The highest BCUT2D eigenvalue weighted by Crippen LogP contribution is 2.37. The van der Waals surface area contributed by atoms with E-state index in [9.17, 15) is 18.5 Å². The molecular formula is C10H16N4O4S2. The third-order valence-corrected chi connectivity index (χ3v) is 6.66. The predicted octanol–water partition coefficient (Wildman–Crippen LogP) is 0.634. The van der Waals surface area contributed by atoms with E-state index in [0.29, 0.717) is 26.2 Å². The van der Waals surface area contributed by atoms with E-state index in [1.165, 1.54) is 11.4 Å². The van der Waals surface area contributed by atoms with Crippen LogP contribution in [0.4, 0.5) is 10.7 Å². The van der Waals surface area contributed by atoms with Gasteiger partial charge in [-0.1, -0.05) is 11.3 Å². The molecule has 0 spiro atoms. The average molecular weight is 320 g/mol. The van der Waals surface area contributed by atoms with Crippen LogP contribution in [0.3, 0.4) is 0 Å². The Balaban J connectivity index is 2.32. The van der Waals surface area contributed by atoms with Crippen LogP contribution in [0.15, 0.2) is 10.3 Å². The molecule has 1 fully saturated rings. The van der Waals surface area contributed by atoms with Crippen LogP contribution < -0.4 is 5.32 Å². The molecule has 2 rings (SSSR count). The van der Waals surface area contributed by atoms with Gasteiger partial charge < -0.3 is 10.2 Å². The standard InChI is InChI=1S/C10H16N4O4S2/c1-11-10-8(14(15)16)7-9(19-10)20(17,18)13-5-3-12(2)4-6-13/h7,11H,3-6H2,1-2H3. The van der Waals surface area contributed by atoms with Gasteiger partial charge in [-0.2, -0.15) is 4.31 Å². The number of hydrogen-bond acceptors (Lipinski definition) is 7. The normalized spacial score (nSPS) is 18.1. The summed E-state index contributed by atoms with van der Waals surface area (Å²) in [5.74, 6) is 0. The maximum atomic E-state index is 12.5. The van der Waals surface area contributed by atoms with Gasteiger partial charge in [0.25, 0.3) is 10.0 Å². The van der Waals surface area contributed by atoms with Gasteiger partial charge in [-0.15, -0.1) is 0 Å². The fourth-order valence-electron chi connectivity index (χ4n) is 1.96. The molecule has 1 aliphatic rings. The van der Waals surface area contributed by atoms with Crippen molar-refractivity contribution in [3.8, 4) is 0 Å². The SMILES string of the molecule is CNc1sc(S(=O)(=O)N2CCN(C)CC2)cc1[N+](=O)[O-]. The lowest BCUT2D eigenvalue weighted by molar-refractivity contribution is -0.383. The van der Waals surface area contributed by atoms with Gasteiger partial charge in [0, 0.05) is 39.3 Å². The first-order valence-electron chi connectivity index (χ1n) is 6.01. The molecule has 10 heteroatoms. The number of anilines is 1. The average Bonchev–Trinajstić information content (AvgIpc) is 2.84. The molecule has 0 unspecified atom stereocenters. The zero-order valence-corrected chi connectivity index (χ0v) is 12.8. The Morgan fingerprint density at radius 1 is 1.35 bits per heavy atom. The molecule has 1 aromatic heterocycles. The van der Waals surface area contributed by atoms with E-state index in [1.807, 2.05) is 11.9 Å². The summed E-state index contributed by atoms with van der Waals surface area (Å²) in [5, 5.41) is 13.8. The van der Waals surface area contributed by atoms with Crippen molar-refractivity contribution >= 4 is 32.0 Å². The van der Waals surface area contributed by atoms with E-state index >= 15 is 0 Å². The minimum atomic E-state index is -3.65. The smallest absolute Gasteiger partial charge is 0.304 e. The van der Waals surface area contributed by atoms with Crippen molar-refractivity contribution in [3.05, 3.63) is 16.2 Å². The Labute approximate surface area is 121 Å². The molecule has 0 aromatic carbocycles. The van der Waals surface area contributed by atoms with Crippen LogP contribution in [0.5, 0.6) is 0 Å². The molecule has 1 saturated heterocycles. The second kappa shape index (κ2) is 5.64. The fraction of sp³-hybridized carbons (Fsp3) is 0.600. The van der Waals surface area contributed by atoms with Crippen LogP contribution in [0, 0.1) is 10.1 Å². The van der Waals surface area contributed by atoms with E-state index in [2.05, 4.69) is 5.32 Å². The van der Waals surface area contributed by atoms with E-state index in [4.69, 9.17) is 0 Å². The second-order valence-corrected chi connectivity index (χ2v) is 7.71. The zero-order chi connectivity index (χ0) is 14.9. The summed E-state index contributed by atoms with van der Waals surface area (Å²) in [5.41, 5.74) is -0.204. The Hall–Kier alpha value is -1.23. The van der Waals surface area contributed by atoms with Crippen LogP contribution in [0.2, 0.25) is 0 Å². The molecule has 112 valence electrons. The Kier molecular flexibility index (Phi) is 4.28. The zero-order valence-electron chi connectivity index (χ0n) is 11.2. The first kappa shape index (κ1) is 15.2. The third-order valence-electron chi connectivity index (χ3n) is 3.17. The minimum absolute atomic E-state index is 0.0121. The van der Waals surface area contributed by atoms with Gasteiger partial charge in [0.2, 0.25) is 0 Å². The summed E-state index contributed by atoms with van der Waals surface area (Å²) in [6.07, 6.45) is 0. The number of nitrogens with zero attached hydrogens (tertiary/aromatic N) is 3. The lowest BCUT2D eigenvalue weighted by Gasteiger charge is -2.31. The molecule has 0 saturated carbocycles. The van der Waals surface area contributed by atoms with Crippen molar-refractivity contribution < 1.29 is 13.3 Å². The fourth-order valence-corrected chi connectivity index (χ4v) is 4.82. The van der Waals surface area contributed by atoms with Gasteiger partial charge in [-0.25, -0.2) is 8.42 Å². The topological polar surface area (TPSA) is 95.8 Å². The number of nitrogens with one attached hydrogen (secondary N) is 1. The first-order chi connectivity index (χ1) is 9.36. The molecule has 1 aliphatic heterocycles. The van der Waals surface area contributed by atoms with Gasteiger partial charge in [0.05, 0.1) is 4.92 Å². The van der Waals surface area contributed by atoms with Gasteiger partial charge in [-0.05, 0) is 7.05 Å². The molecule has 0 radical (unpaired) electrons. The van der Waals surface area contributed by atoms with Crippen LogP contribution >= 0.6 is 11.3 Å². The molecule has 0 bridgehead atoms. The number of rotatable bonds is 4. The third kappa shape index (κ3) is 2.77. The number of piperazine rings is 1. The van der Waals surface area contributed by atoms with Crippen LogP contribution in [-0.2, 0) is 10.0 Å². The van der Waals surface area contributed by atoms with Crippen molar-refractivity contribution in [2.75, 3.05) is 45.6 Å². The molecule has 0 atom stereocenters. The lowest BCUT2D eigenvalue weighted by atomic mass is 10.4. The maximum Gasteiger partial charge on any atom is 0.304 e. The highest BCUT2D eigenvalue weighted by Gasteiger charge is 2.32. The van der Waals surface area contributed by atoms with Crippen LogP contribution in [-0.4, -0.2) is 62.8 Å². The monoisotopic (exact) mass is 320 g/mol. The van der Waals surface area contributed by atoms with Crippen molar-refractivity contribution in [2.45, 2.75) is 4.21 Å². The minimum Gasteiger partial charge on any atom is -0.374 e. The summed E-state index contributed by atoms with van der Waals surface area (Å²) < 4.78 is 26.3. The van der Waals surface area contributed by atoms with Crippen molar-refractivity contribution in [2.24, 2.45) is 0 Å². The highest BCUT2D eigenvalue weighted by molar-refractivity contribution is 7.91. The molecule has 0 aliphatic carbocycles.